The number of carbonyl (C=O) groups excluding carboxylic acids is 2. The first kappa shape index (κ1) is 17.8. The van der Waals surface area contributed by atoms with Crippen LogP contribution in [0.4, 0.5) is 4.79 Å². The number of nitrogens with zero attached hydrogens (tertiary/aromatic N) is 3. The van der Waals surface area contributed by atoms with Crippen LogP contribution in [-0.2, 0) is 11.8 Å². The van der Waals surface area contributed by atoms with Crippen LogP contribution in [-0.4, -0.2) is 46.1 Å². The van der Waals surface area contributed by atoms with Gasteiger partial charge in [0.1, 0.15) is 5.75 Å². The van der Waals surface area contributed by atoms with E-state index >= 15 is 0 Å². The van der Waals surface area contributed by atoms with E-state index in [1.807, 2.05) is 31.3 Å². The van der Waals surface area contributed by atoms with Crippen molar-refractivity contribution in [3.8, 4) is 17.1 Å². The summed E-state index contributed by atoms with van der Waals surface area (Å²) in [4.78, 5) is 23.1. The lowest BCUT2D eigenvalue weighted by molar-refractivity contribution is -0.119. The molecule has 0 aliphatic rings. The monoisotopic (exact) mass is 349 g/mol. The average molecular weight is 349 g/mol. The van der Waals surface area contributed by atoms with E-state index < -0.39 is 17.2 Å². The Morgan fingerprint density at radius 3 is 2.50 bits per heavy atom. The van der Waals surface area contributed by atoms with Crippen LogP contribution in [0, 0.1) is 0 Å². The van der Waals surface area contributed by atoms with Gasteiger partial charge in [0.05, 0.1) is 12.4 Å². The predicted octanol–water partition coefficient (Wildman–Crippen LogP) is 1.43. The van der Waals surface area contributed by atoms with Crippen molar-refractivity contribution in [3.05, 3.63) is 24.3 Å². The number of amides is 3. The van der Waals surface area contributed by atoms with E-state index in [2.05, 4.69) is 20.8 Å². The van der Waals surface area contributed by atoms with Crippen LogP contribution in [0.2, 0.25) is 0 Å². The number of ether oxygens (including phenoxy) is 1. The Bertz CT molecular complexity index is 729. The number of carbonyl (C=O) groups is 2. The van der Waals surface area contributed by atoms with Gasteiger partial charge in [0.15, 0.2) is 11.0 Å². The SMILES string of the molecule is CNC(=O)NC(=O)[C@H](C)Sc1nnc(-c2ccc(OC)cc2)n1C. The minimum Gasteiger partial charge on any atom is -0.497 e. The lowest BCUT2D eigenvalue weighted by atomic mass is 10.2. The zero-order chi connectivity index (χ0) is 17.7. The number of imide groups is 1. The minimum absolute atomic E-state index is 0.395. The van der Waals surface area contributed by atoms with Gasteiger partial charge in [-0.25, -0.2) is 4.79 Å². The fourth-order valence-electron chi connectivity index (χ4n) is 1.90. The van der Waals surface area contributed by atoms with Crippen molar-refractivity contribution in [1.82, 2.24) is 25.4 Å². The first-order chi connectivity index (χ1) is 11.5. The molecule has 0 saturated heterocycles. The molecule has 2 N–H and O–H groups in total. The van der Waals surface area contributed by atoms with E-state index in [0.29, 0.717) is 11.0 Å². The zero-order valence-corrected chi connectivity index (χ0v) is 14.7. The van der Waals surface area contributed by atoms with Crippen molar-refractivity contribution in [3.63, 3.8) is 0 Å². The fourth-order valence-corrected chi connectivity index (χ4v) is 2.71. The smallest absolute Gasteiger partial charge is 0.321 e. The third kappa shape index (κ3) is 4.05. The second kappa shape index (κ2) is 7.82. The van der Waals surface area contributed by atoms with E-state index in [1.165, 1.54) is 18.8 Å². The molecule has 1 atom stereocenters. The number of benzene rings is 1. The molecule has 1 heterocycles. The third-order valence-electron chi connectivity index (χ3n) is 3.30. The van der Waals surface area contributed by atoms with Crippen molar-refractivity contribution >= 4 is 23.7 Å². The van der Waals surface area contributed by atoms with Gasteiger partial charge in [0.2, 0.25) is 5.91 Å². The van der Waals surface area contributed by atoms with Gasteiger partial charge in [0.25, 0.3) is 0 Å². The molecule has 1 aromatic heterocycles. The number of thioether (sulfide) groups is 1. The Hall–Kier alpha value is -2.55. The van der Waals surface area contributed by atoms with Crippen LogP contribution in [0.25, 0.3) is 11.4 Å². The van der Waals surface area contributed by atoms with Crippen LogP contribution in [0.1, 0.15) is 6.92 Å². The van der Waals surface area contributed by atoms with Gasteiger partial charge in [-0.3, -0.25) is 10.1 Å². The van der Waals surface area contributed by atoms with Crippen molar-refractivity contribution in [1.29, 1.82) is 0 Å². The standard InChI is InChI=1S/C15H19N5O3S/c1-9(13(21)17-14(22)16-2)24-15-19-18-12(20(15)3)10-5-7-11(23-4)8-6-10/h5-9H,1-4H3,(H2,16,17,21,22)/t9-/m0/s1. The van der Waals surface area contributed by atoms with E-state index in [1.54, 1.807) is 18.6 Å². The molecule has 0 radical (unpaired) electrons. The largest absolute Gasteiger partial charge is 0.497 e. The highest BCUT2D eigenvalue weighted by atomic mass is 32.2. The van der Waals surface area contributed by atoms with Crippen LogP contribution in [0.5, 0.6) is 5.75 Å². The summed E-state index contributed by atoms with van der Waals surface area (Å²) in [6, 6.07) is 6.93. The first-order valence-corrected chi connectivity index (χ1v) is 8.07. The number of nitrogens with one attached hydrogen (secondary N) is 2. The molecule has 3 amide bonds. The fraction of sp³-hybridized carbons (Fsp3) is 0.333. The molecule has 2 rings (SSSR count). The number of aromatic nitrogens is 3. The predicted molar refractivity (Wildman–Crippen MR) is 90.9 cm³/mol. The maximum absolute atomic E-state index is 11.9. The number of rotatable bonds is 5. The maximum Gasteiger partial charge on any atom is 0.321 e. The third-order valence-corrected chi connectivity index (χ3v) is 4.43. The molecular formula is C15H19N5O3S. The normalized spacial score (nSPS) is 11.7. The number of hydrogen-bond acceptors (Lipinski definition) is 6. The molecule has 0 bridgehead atoms. The summed E-state index contributed by atoms with van der Waals surface area (Å²) in [6.45, 7) is 1.70. The van der Waals surface area contributed by atoms with Gasteiger partial charge >= 0.3 is 6.03 Å². The maximum atomic E-state index is 11.9. The zero-order valence-electron chi connectivity index (χ0n) is 13.9. The van der Waals surface area contributed by atoms with E-state index in [-0.39, 0.29) is 0 Å². The highest BCUT2D eigenvalue weighted by Crippen LogP contribution is 2.26. The van der Waals surface area contributed by atoms with Gasteiger partial charge in [-0.2, -0.15) is 0 Å². The molecule has 0 aliphatic heterocycles. The first-order valence-electron chi connectivity index (χ1n) is 7.19. The molecule has 128 valence electrons. The summed E-state index contributed by atoms with van der Waals surface area (Å²) < 4.78 is 6.94. The summed E-state index contributed by atoms with van der Waals surface area (Å²) >= 11 is 1.23. The molecule has 0 aliphatic carbocycles. The summed E-state index contributed by atoms with van der Waals surface area (Å²) in [5.74, 6) is 1.04. The van der Waals surface area contributed by atoms with E-state index in [0.717, 1.165) is 11.3 Å². The molecular weight excluding hydrogens is 330 g/mol. The highest BCUT2D eigenvalue weighted by Gasteiger charge is 2.20. The van der Waals surface area contributed by atoms with Crippen LogP contribution in [0.15, 0.2) is 29.4 Å². The van der Waals surface area contributed by atoms with Crippen LogP contribution < -0.4 is 15.4 Å². The van der Waals surface area contributed by atoms with Crippen LogP contribution in [0.3, 0.4) is 0 Å². The quantitative estimate of drug-likeness (QED) is 0.793. The summed E-state index contributed by atoms with van der Waals surface area (Å²) in [5.41, 5.74) is 0.889. The minimum atomic E-state index is -0.538. The Kier molecular flexibility index (Phi) is 5.80. The molecule has 2 aromatic rings. The molecule has 8 nitrogen and oxygen atoms in total. The Labute approximate surface area is 144 Å². The Balaban J connectivity index is 2.11. The van der Waals surface area contributed by atoms with E-state index in [9.17, 15) is 9.59 Å². The summed E-state index contributed by atoms with van der Waals surface area (Å²) in [6.07, 6.45) is 0. The molecule has 0 spiro atoms. The van der Waals surface area contributed by atoms with Crippen molar-refractivity contribution < 1.29 is 14.3 Å². The van der Waals surface area contributed by atoms with Gasteiger partial charge < -0.3 is 14.6 Å². The van der Waals surface area contributed by atoms with Crippen molar-refractivity contribution in [2.24, 2.45) is 7.05 Å². The Morgan fingerprint density at radius 1 is 1.25 bits per heavy atom. The Morgan fingerprint density at radius 2 is 1.92 bits per heavy atom. The van der Waals surface area contributed by atoms with Crippen molar-refractivity contribution in [2.75, 3.05) is 14.2 Å². The number of methoxy groups -OCH3 is 1. The number of urea groups is 1. The van der Waals surface area contributed by atoms with Gasteiger partial charge in [-0.1, -0.05) is 11.8 Å². The van der Waals surface area contributed by atoms with Gasteiger partial charge in [0, 0.05) is 19.7 Å². The molecule has 0 unspecified atom stereocenters. The highest BCUT2D eigenvalue weighted by molar-refractivity contribution is 8.00. The van der Waals surface area contributed by atoms with E-state index in [4.69, 9.17) is 4.74 Å². The lowest BCUT2D eigenvalue weighted by Gasteiger charge is -2.10. The van der Waals surface area contributed by atoms with Crippen molar-refractivity contribution in [2.45, 2.75) is 17.3 Å². The molecule has 24 heavy (non-hydrogen) atoms. The molecule has 9 heteroatoms. The average Bonchev–Trinajstić information content (AvgIpc) is 2.95. The number of hydrogen-bond donors (Lipinski definition) is 2. The van der Waals surface area contributed by atoms with Gasteiger partial charge in [-0.05, 0) is 31.2 Å². The lowest BCUT2D eigenvalue weighted by Crippen LogP contribution is -2.41. The molecule has 1 aromatic carbocycles. The molecule has 0 fully saturated rings. The summed E-state index contributed by atoms with van der Waals surface area (Å²) in [5, 5.41) is 13.0. The molecule has 0 saturated carbocycles. The second-order valence-electron chi connectivity index (χ2n) is 4.92. The second-order valence-corrected chi connectivity index (χ2v) is 6.23. The van der Waals surface area contributed by atoms with Gasteiger partial charge in [-0.15, -0.1) is 10.2 Å². The van der Waals surface area contributed by atoms with Crippen LogP contribution >= 0.6 is 11.8 Å². The summed E-state index contributed by atoms with van der Waals surface area (Å²) in [7, 11) is 4.88. The topological polar surface area (TPSA) is 98.1 Å².